The third-order valence-corrected chi connectivity index (χ3v) is 3.18. The predicted octanol–water partition coefficient (Wildman–Crippen LogP) is 2.70. The van der Waals surface area contributed by atoms with Gasteiger partial charge in [-0.2, -0.15) is 5.10 Å². The zero-order valence-corrected chi connectivity index (χ0v) is 10.1. The summed E-state index contributed by atoms with van der Waals surface area (Å²) in [5.74, 6) is 0.528. The molecule has 0 saturated carbocycles. The van der Waals surface area contributed by atoms with E-state index in [9.17, 15) is 0 Å². The minimum Gasteiger partial charge on any atom is -0.399 e. The molecule has 0 bridgehead atoms. The molecule has 3 aromatic rings. The molecule has 0 radical (unpaired) electrons. The van der Waals surface area contributed by atoms with Crippen molar-refractivity contribution >= 4 is 22.4 Å². The topological polar surface area (TPSA) is 80.7 Å². The lowest BCUT2D eigenvalue weighted by Gasteiger charge is -2.06. The van der Waals surface area contributed by atoms with Crippen molar-refractivity contribution in [1.29, 1.82) is 0 Å². The number of nitrogen functional groups attached to an aromatic ring is 2. The largest absolute Gasteiger partial charge is 0.399 e. The highest BCUT2D eigenvalue weighted by molar-refractivity contribution is 6.02. The Bertz CT molecular complexity index is 710. The Labute approximate surface area is 105 Å². The van der Waals surface area contributed by atoms with Crippen LogP contribution in [0.3, 0.4) is 0 Å². The van der Waals surface area contributed by atoms with E-state index in [0.717, 1.165) is 33.3 Å². The van der Waals surface area contributed by atoms with E-state index >= 15 is 0 Å². The van der Waals surface area contributed by atoms with Crippen LogP contribution in [0.15, 0.2) is 36.4 Å². The second-order valence-electron chi connectivity index (χ2n) is 4.41. The Morgan fingerprint density at radius 2 is 1.72 bits per heavy atom. The average molecular weight is 238 g/mol. The van der Waals surface area contributed by atoms with Crippen molar-refractivity contribution < 1.29 is 0 Å². The van der Waals surface area contributed by atoms with Crippen LogP contribution in [0.2, 0.25) is 0 Å². The van der Waals surface area contributed by atoms with Crippen molar-refractivity contribution in [2.45, 2.75) is 6.92 Å². The maximum Gasteiger partial charge on any atom is 0.153 e. The first kappa shape index (κ1) is 10.7. The van der Waals surface area contributed by atoms with E-state index < -0.39 is 0 Å². The maximum absolute atomic E-state index is 5.95. The molecule has 5 N–H and O–H groups in total. The van der Waals surface area contributed by atoms with E-state index in [0.29, 0.717) is 5.82 Å². The lowest BCUT2D eigenvalue weighted by Crippen LogP contribution is -1.88. The van der Waals surface area contributed by atoms with Gasteiger partial charge in [0.25, 0.3) is 0 Å². The fraction of sp³-hybridized carbons (Fsp3) is 0.0714. The first-order valence-corrected chi connectivity index (χ1v) is 5.76. The molecule has 4 heteroatoms. The molecule has 18 heavy (non-hydrogen) atoms. The smallest absolute Gasteiger partial charge is 0.153 e. The molecule has 0 aliphatic heterocycles. The molecule has 0 aliphatic carbocycles. The molecule has 1 aromatic heterocycles. The summed E-state index contributed by atoms with van der Waals surface area (Å²) in [6.45, 7) is 2.03. The van der Waals surface area contributed by atoms with Crippen molar-refractivity contribution in [3.63, 3.8) is 0 Å². The minimum atomic E-state index is 0.528. The normalized spacial score (nSPS) is 10.9. The molecule has 0 fully saturated rings. The number of aryl methyl sites for hydroxylation is 1. The van der Waals surface area contributed by atoms with Gasteiger partial charge < -0.3 is 11.5 Å². The van der Waals surface area contributed by atoms with Gasteiger partial charge in [0.1, 0.15) is 0 Å². The van der Waals surface area contributed by atoms with Crippen LogP contribution in [0, 0.1) is 6.92 Å². The van der Waals surface area contributed by atoms with Crippen LogP contribution in [0.4, 0.5) is 11.5 Å². The summed E-state index contributed by atoms with van der Waals surface area (Å²) >= 11 is 0. The Kier molecular flexibility index (Phi) is 2.23. The fourth-order valence-electron chi connectivity index (χ4n) is 2.19. The van der Waals surface area contributed by atoms with Gasteiger partial charge in [-0.1, -0.05) is 24.3 Å². The number of H-pyrrole nitrogens is 1. The second kappa shape index (κ2) is 3.77. The highest BCUT2D eigenvalue weighted by Crippen LogP contribution is 2.33. The summed E-state index contributed by atoms with van der Waals surface area (Å²) in [5.41, 5.74) is 16.7. The number of nitrogens with one attached hydrogen (secondary N) is 1. The van der Waals surface area contributed by atoms with Gasteiger partial charge in [-0.25, -0.2) is 0 Å². The van der Waals surface area contributed by atoms with E-state index in [2.05, 4.69) is 22.3 Å². The van der Waals surface area contributed by atoms with Crippen molar-refractivity contribution in [3.05, 3.63) is 42.0 Å². The molecule has 0 aliphatic rings. The molecule has 0 spiro atoms. The third kappa shape index (κ3) is 1.50. The zero-order valence-electron chi connectivity index (χ0n) is 10.1. The number of aromatic amines is 1. The summed E-state index contributed by atoms with van der Waals surface area (Å²) in [5, 5.41) is 8.04. The summed E-state index contributed by atoms with van der Waals surface area (Å²) in [4.78, 5) is 0. The van der Waals surface area contributed by atoms with Crippen molar-refractivity contribution in [2.24, 2.45) is 0 Å². The number of anilines is 2. The molecule has 0 saturated heterocycles. The number of rotatable bonds is 1. The first-order valence-electron chi connectivity index (χ1n) is 5.76. The first-order chi connectivity index (χ1) is 8.66. The van der Waals surface area contributed by atoms with Crippen LogP contribution in [-0.2, 0) is 0 Å². The second-order valence-corrected chi connectivity index (χ2v) is 4.41. The van der Waals surface area contributed by atoms with Crippen molar-refractivity contribution in [2.75, 3.05) is 11.5 Å². The lowest BCUT2D eigenvalue weighted by molar-refractivity contribution is 1.12. The van der Waals surface area contributed by atoms with Gasteiger partial charge in [-0.3, -0.25) is 5.10 Å². The number of nitrogens with zero attached hydrogens (tertiary/aromatic N) is 1. The maximum atomic E-state index is 5.95. The van der Waals surface area contributed by atoms with E-state index in [1.165, 1.54) is 0 Å². The molecule has 2 aromatic carbocycles. The van der Waals surface area contributed by atoms with Crippen molar-refractivity contribution in [3.8, 4) is 11.1 Å². The van der Waals surface area contributed by atoms with Crippen LogP contribution in [0.5, 0.6) is 0 Å². The Morgan fingerprint density at radius 1 is 1.00 bits per heavy atom. The van der Waals surface area contributed by atoms with Crippen LogP contribution >= 0.6 is 0 Å². The van der Waals surface area contributed by atoms with Gasteiger partial charge >= 0.3 is 0 Å². The Balaban J connectivity index is 2.32. The minimum absolute atomic E-state index is 0.528. The van der Waals surface area contributed by atoms with E-state index in [4.69, 9.17) is 11.5 Å². The monoisotopic (exact) mass is 238 g/mol. The summed E-state index contributed by atoms with van der Waals surface area (Å²) in [7, 11) is 0. The Hall–Kier alpha value is -2.49. The van der Waals surface area contributed by atoms with E-state index in [1.807, 2.05) is 31.2 Å². The molecule has 4 nitrogen and oxygen atoms in total. The number of nitrogens with two attached hydrogens (primary N) is 2. The number of hydrogen-bond donors (Lipinski definition) is 3. The standard InChI is InChI=1S/C14H14N4/c1-8-2-7-11(9-3-5-10(15)6-4-9)12-13(8)17-18-14(12)16/h2-7H,15H2,1H3,(H3,16,17,18). The van der Waals surface area contributed by atoms with Crippen LogP contribution < -0.4 is 11.5 Å². The van der Waals surface area contributed by atoms with Crippen molar-refractivity contribution in [1.82, 2.24) is 10.2 Å². The van der Waals surface area contributed by atoms with Crippen LogP contribution in [0.25, 0.3) is 22.0 Å². The van der Waals surface area contributed by atoms with Gasteiger partial charge in [-0.15, -0.1) is 0 Å². The molecule has 3 rings (SSSR count). The van der Waals surface area contributed by atoms with E-state index in [1.54, 1.807) is 0 Å². The molecule has 0 atom stereocenters. The summed E-state index contributed by atoms with van der Waals surface area (Å²) < 4.78 is 0. The predicted molar refractivity (Wildman–Crippen MR) is 75.1 cm³/mol. The highest BCUT2D eigenvalue weighted by atomic mass is 15.2. The van der Waals surface area contributed by atoms with E-state index in [-0.39, 0.29) is 0 Å². The van der Waals surface area contributed by atoms with Gasteiger partial charge in [0.05, 0.1) is 10.9 Å². The number of aromatic nitrogens is 2. The lowest BCUT2D eigenvalue weighted by atomic mass is 9.99. The van der Waals surface area contributed by atoms with Gasteiger partial charge in [0.2, 0.25) is 0 Å². The van der Waals surface area contributed by atoms with Crippen LogP contribution in [-0.4, -0.2) is 10.2 Å². The van der Waals surface area contributed by atoms with Crippen LogP contribution in [0.1, 0.15) is 5.56 Å². The molecule has 0 unspecified atom stereocenters. The highest BCUT2D eigenvalue weighted by Gasteiger charge is 2.11. The van der Waals surface area contributed by atoms with Gasteiger partial charge in [0, 0.05) is 5.69 Å². The number of fused-ring (bicyclic) bond motifs is 1. The molecule has 0 amide bonds. The number of hydrogen-bond acceptors (Lipinski definition) is 3. The molecular formula is C14H14N4. The average Bonchev–Trinajstić information content (AvgIpc) is 2.75. The third-order valence-electron chi connectivity index (χ3n) is 3.18. The van der Waals surface area contributed by atoms with Gasteiger partial charge in [-0.05, 0) is 35.7 Å². The summed E-state index contributed by atoms with van der Waals surface area (Å²) in [6.07, 6.45) is 0. The summed E-state index contributed by atoms with van der Waals surface area (Å²) in [6, 6.07) is 11.9. The fourth-order valence-corrected chi connectivity index (χ4v) is 2.19. The SMILES string of the molecule is Cc1ccc(-c2ccc(N)cc2)c2c(N)n[nH]c12. The molecular weight excluding hydrogens is 224 g/mol. The number of benzene rings is 2. The quantitative estimate of drug-likeness (QED) is 0.570. The Morgan fingerprint density at radius 3 is 2.44 bits per heavy atom. The van der Waals surface area contributed by atoms with Gasteiger partial charge in [0.15, 0.2) is 5.82 Å². The zero-order chi connectivity index (χ0) is 12.7. The molecule has 1 heterocycles. The molecule has 90 valence electrons.